The second-order valence-corrected chi connectivity index (χ2v) is 7.85. The van der Waals surface area contributed by atoms with E-state index in [-0.39, 0.29) is 23.9 Å². The molecule has 1 aromatic rings. The second-order valence-electron chi connectivity index (χ2n) is 7.85. The van der Waals surface area contributed by atoms with Crippen molar-refractivity contribution in [3.63, 3.8) is 0 Å². The van der Waals surface area contributed by atoms with E-state index in [1.165, 1.54) is 12.8 Å². The fourth-order valence-electron chi connectivity index (χ4n) is 3.29. The molecule has 24 heavy (non-hydrogen) atoms. The highest BCUT2D eigenvalue weighted by Crippen LogP contribution is 2.40. The number of carbonyl (C=O) groups excluding carboxylic acids is 2. The minimum atomic E-state index is -0.561. The summed E-state index contributed by atoms with van der Waals surface area (Å²) in [6.45, 7) is 5.50. The average Bonchev–Trinajstić information content (AvgIpc) is 3.26. The van der Waals surface area contributed by atoms with Crippen LogP contribution in [0.15, 0.2) is 30.3 Å². The molecule has 0 radical (unpaired) electrons. The number of alkyl carbamates (subject to hydrolysis) is 1. The fraction of sp³-hybridized carbons (Fsp3) is 0.579. The number of nitrogens with one attached hydrogen (secondary N) is 2. The summed E-state index contributed by atoms with van der Waals surface area (Å²) in [5.74, 6) is 0.435. The van der Waals surface area contributed by atoms with Crippen LogP contribution in [0, 0.1) is 11.8 Å². The van der Waals surface area contributed by atoms with Gasteiger partial charge < -0.3 is 15.4 Å². The molecule has 2 N–H and O–H groups in total. The molecule has 3 atom stereocenters. The second kappa shape index (κ2) is 6.46. The Morgan fingerprint density at radius 1 is 1.25 bits per heavy atom. The number of hydrogen-bond donors (Lipinski definition) is 2. The van der Waals surface area contributed by atoms with Crippen LogP contribution in [0.25, 0.3) is 0 Å². The van der Waals surface area contributed by atoms with Gasteiger partial charge in [-0.25, -0.2) is 4.79 Å². The highest BCUT2D eigenvalue weighted by molar-refractivity contribution is 5.84. The maximum Gasteiger partial charge on any atom is 0.407 e. The number of carbonyl (C=O) groups is 2. The molecular weight excluding hydrogens is 304 g/mol. The average molecular weight is 330 g/mol. The van der Waals surface area contributed by atoms with Crippen molar-refractivity contribution >= 4 is 12.0 Å². The van der Waals surface area contributed by atoms with Gasteiger partial charge in [-0.2, -0.15) is 0 Å². The van der Waals surface area contributed by atoms with E-state index < -0.39 is 11.7 Å². The van der Waals surface area contributed by atoms with Crippen LogP contribution < -0.4 is 10.6 Å². The number of amides is 2. The summed E-state index contributed by atoms with van der Waals surface area (Å²) < 4.78 is 5.40. The summed E-state index contributed by atoms with van der Waals surface area (Å²) in [6.07, 6.45) is 2.72. The lowest BCUT2D eigenvalue weighted by Crippen LogP contribution is -2.44. The molecule has 5 nitrogen and oxygen atoms in total. The summed E-state index contributed by atoms with van der Waals surface area (Å²) in [6, 6.07) is 9.30. The predicted octanol–water partition coefficient (Wildman–Crippen LogP) is 3.17. The molecule has 130 valence electrons. The molecule has 2 aliphatic rings. The van der Waals surface area contributed by atoms with Gasteiger partial charge in [0.05, 0.1) is 18.0 Å². The zero-order valence-electron chi connectivity index (χ0n) is 14.5. The Morgan fingerprint density at radius 3 is 2.50 bits per heavy atom. The van der Waals surface area contributed by atoms with Crippen molar-refractivity contribution in [3.8, 4) is 0 Å². The van der Waals surface area contributed by atoms with Gasteiger partial charge in [0.25, 0.3) is 0 Å². The first kappa shape index (κ1) is 16.8. The van der Waals surface area contributed by atoms with Gasteiger partial charge in [0.2, 0.25) is 5.91 Å². The molecule has 1 aliphatic carbocycles. The third-order valence-corrected chi connectivity index (χ3v) is 4.55. The Bertz CT molecular complexity index is 605. The van der Waals surface area contributed by atoms with Crippen molar-refractivity contribution in [2.75, 3.05) is 0 Å². The van der Waals surface area contributed by atoms with Crippen LogP contribution in [-0.4, -0.2) is 23.6 Å². The Morgan fingerprint density at radius 2 is 1.92 bits per heavy atom. The number of hydrogen-bond acceptors (Lipinski definition) is 3. The monoisotopic (exact) mass is 330 g/mol. The van der Waals surface area contributed by atoms with E-state index in [1.54, 1.807) is 0 Å². The molecular formula is C19H26N2O3. The Balaban J connectivity index is 1.79. The maximum atomic E-state index is 12.5. The first-order valence-corrected chi connectivity index (χ1v) is 8.68. The van der Waals surface area contributed by atoms with Crippen LogP contribution in [0.5, 0.6) is 0 Å². The summed E-state index contributed by atoms with van der Waals surface area (Å²) in [7, 11) is 0. The summed E-state index contributed by atoms with van der Waals surface area (Å²) in [4.78, 5) is 24.8. The first-order valence-electron chi connectivity index (χ1n) is 8.68. The van der Waals surface area contributed by atoms with Crippen molar-refractivity contribution in [2.45, 2.75) is 57.7 Å². The van der Waals surface area contributed by atoms with E-state index in [0.29, 0.717) is 5.92 Å². The van der Waals surface area contributed by atoms with Crippen LogP contribution in [-0.2, 0) is 9.53 Å². The molecule has 2 fully saturated rings. The van der Waals surface area contributed by atoms with Gasteiger partial charge in [-0.15, -0.1) is 0 Å². The van der Waals surface area contributed by atoms with Crippen molar-refractivity contribution in [2.24, 2.45) is 11.8 Å². The topological polar surface area (TPSA) is 67.4 Å². The van der Waals surface area contributed by atoms with E-state index in [9.17, 15) is 9.59 Å². The molecule has 5 heteroatoms. The lowest BCUT2D eigenvalue weighted by Gasteiger charge is -2.27. The molecule has 1 saturated heterocycles. The van der Waals surface area contributed by atoms with E-state index in [4.69, 9.17) is 4.74 Å². The minimum absolute atomic E-state index is 0.0248. The molecule has 3 rings (SSSR count). The molecule has 0 aromatic heterocycles. The molecule has 1 aliphatic heterocycles. The van der Waals surface area contributed by atoms with Gasteiger partial charge in [0, 0.05) is 0 Å². The van der Waals surface area contributed by atoms with Crippen molar-refractivity contribution < 1.29 is 14.3 Å². The van der Waals surface area contributed by atoms with Crippen molar-refractivity contribution in [1.29, 1.82) is 0 Å². The molecule has 1 aromatic carbocycles. The van der Waals surface area contributed by atoms with E-state index in [1.807, 2.05) is 51.1 Å². The zero-order valence-corrected chi connectivity index (χ0v) is 14.5. The molecule has 1 unspecified atom stereocenters. The van der Waals surface area contributed by atoms with Gasteiger partial charge >= 0.3 is 6.09 Å². The molecule has 1 saturated carbocycles. The van der Waals surface area contributed by atoms with Crippen LogP contribution in [0.4, 0.5) is 4.79 Å². The standard InChI is InChI=1S/C19H26N2O3/c1-19(2,3)24-18(23)21-16-14(11-12-9-10-12)17(22)20-15(16)13-7-5-4-6-8-13/h4-8,12,14-16H,9-11H2,1-3H3,(H,20,22)(H,21,23)/t14-,15?,16-/m0/s1. The lowest BCUT2D eigenvalue weighted by atomic mass is 9.90. The van der Waals surface area contributed by atoms with Crippen LogP contribution >= 0.6 is 0 Å². The van der Waals surface area contributed by atoms with Crippen molar-refractivity contribution in [1.82, 2.24) is 10.6 Å². The van der Waals surface area contributed by atoms with Gasteiger partial charge in [-0.05, 0) is 38.7 Å². The van der Waals surface area contributed by atoms with Crippen LogP contribution in [0.1, 0.15) is 51.6 Å². The normalized spacial score (nSPS) is 26.8. The summed E-state index contributed by atoms with van der Waals surface area (Å²) >= 11 is 0. The smallest absolute Gasteiger partial charge is 0.407 e. The first-order chi connectivity index (χ1) is 11.3. The predicted molar refractivity (Wildman–Crippen MR) is 91.3 cm³/mol. The summed E-state index contributed by atoms with van der Waals surface area (Å²) in [5.41, 5.74) is 0.444. The third kappa shape index (κ3) is 4.08. The highest BCUT2D eigenvalue weighted by Gasteiger charge is 2.46. The molecule has 0 bridgehead atoms. The third-order valence-electron chi connectivity index (χ3n) is 4.55. The van der Waals surface area contributed by atoms with Crippen LogP contribution in [0.2, 0.25) is 0 Å². The molecule has 2 amide bonds. The number of ether oxygens (including phenoxy) is 1. The maximum absolute atomic E-state index is 12.5. The Labute approximate surface area is 143 Å². The van der Waals surface area contributed by atoms with Gasteiger partial charge in [0.1, 0.15) is 5.60 Å². The Kier molecular flexibility index (Phi) is 4.52. The van der Waals surface area contributed by atoms with Gasteiger partial charge in [-0.1, -0.05) is 43.2 Å². The van der Waals surface area contributed by atoms with Gasteiger partial charge in [-0.3, -0.25) is 4.79 Å². The highest BCUT2D eigenvalue weighted by atomic mass is 16.6. The molecule has 0 spiro atoms. The van der Waals surface area contributed by atoms with E-state index in [2.05, 4.69) is 10.6 Å². The van der Waals surface area contributed by atoms with Crippen LogP contribution in [0.3, 0.4) is 0 Å². The van der Waals surface area contributed by atoms with Crippen molar-refractivity contribution in [3.05, 3.63) is 35.9 Å². The lowest BCUT2D eigenvalue weighted by molar-refractivity contribution is -0.123. The summed E-state index contributed by atoms with van der Waals surface area (Å²) in [5, 5.41) is 6.02. The number of benzene rings is 1. The largest absolute Gasteiger partial charge is 0.444 e. The molecule has 1 heterocycles. The van der Waals surface area contributed by atoms with E-state index in [0.717, 1.165) is 12.0 Å². The van der Waals surface area contributed by atoms with Gasteiger partial charge in [0.15, 0.2) is 0 Å². The quantitative estimate of drug-likeness (QED) is 0.891. The fourth-order valence-corrected chi connectivity index (χ4v) is 3.29. The zero-order chi connectivity index (χ0) is 17.3. The number of rotatable bonds is 4. The SMILES string of the molecule is CC(C)(C)OC(=O)N[C@@H]1C(c2ccccc2)NC(=O)[C@H]1CC1CC1. The minimum Gasteiger partial charge on any atom is -0.444 e. The Hall–Kier alpha value is -2.04. The van der Waals surface area contributed by atoms with E-state index >= 15 is 0 Å².